The molecular formula is C19H27NO2. The Morgan fingerprint density at radius 2 is 1.82 bits per heavy atom. The number of carbonyl (C=O) groups is 1. The first kappa shape index (κ1) is 15.5. The van der Waals surface area contributed by atoms with E-state index in [1.807, 2.05) is 13.0 Å². The van der Waals surface area contributed by atoms with E-state index in [0.717, 1.165) is 0 Å². The van der Waals surface area contributed by atoms with Crippen molar-refractivity contribution >= 4 is 5.97 Å². The third-order valence-electron chi connectivity index (χ3n) is 5.52. The zero-order valence-corrected chi connectivity index (χ0v) is 13.6. The van der Waals surface area contributed by atoms with Gasteiger partial charge in [-0.3, -0.25) is 4.79 Å². The largest absolute Gasteiger partial charge is 0.466 e. The Morgan fingerprint density at radius 3 is 2.45 bits per heavy atom. The minimum atomic E-state index is 0.00895. The number of carbonyl (C=O) groups excluding carboxylic acids is 1. The maximum atomic E-state index is 12.5. The van der Waals surface area contributed by atoms with E-state index >= 15 is 0 Å². The van der Waals surface area contributed by atoms with E-state index in [1.54, 1.807) is 0 Å². The average molecular weight is 301 g/mol. The molecule has 0 radical (unpaired) electrons. The second-order valence-corrected chi connectivity index (χ2v) is 6.78. The summed E-state index contributed by atoms with van der Waals surface area (Å²) in [4.78, 5) is 12.5. The predicted molar refractivity (Wildman–Crippen MR) is 87.4 cm³/mol. The molecule has 1 aromatic rings. The van der Waals surface area contributed by atoms with Gasteiger partial charge in [0.15, 0.2) is 0 Å². The van der Waals surface area contributed by atoms with Gasteiger partial charge in [0.1, 0.15) is 0 Å². The molecule has 0 heterocycles. The number of hydrogen-bond acceptors (Lipinski definition) is 3. The van der Waals surface area contributed by atoms with Crippen LogP contribution in [-0.2, 0) is 9.53 Å². The van der Waals surface area contributed by atoms with Crippen molar-refractivity contribution in [2.75, 3.05) is 6.61 Å². The number of esters is 1. The number of fused-ring (bicyclic) bond motifs is 3. The summed E-state index contributed by atoms with van der Waals surface area (Å²) in [6.45, 7) is 4.57. The molecule has 3 saturated carbocycles. The number of benzene rings is 1. The first-order chi connectivity index (χ1) is 10.7. The fourth-order valence-corrected chi connectivity index (χ4v) is 4.39. The Labute approximate surface area is 133 Å². The highest BCUT2D eigenvalue weighted by atomic mass is 16.5. The number of hydrogen-bond donors (Lipinski definition) is 1. The number of ether oxygens (including phenoxy) is 1. The van der Waals surface area contributed by atoms with E-state index in [2.05, 4.69) is 36.5 Å². The molecule has 0 saturated heterocycles. The predicted octanol–water partition coefficient (Wildman–Crippen LogP) is 3.71. The highest BCUT2D eigenvalue weighted by molar-refractivity contribution is 5.74. The summed E-state index contributed by atoms with van der Waals surface area (Å²) < 4.78 is 5.37. The monoisotopic (exact) mass is 301 g/mol. The first-order valence-electron chi connectivity index (χ1n) is 8.68. The lowest BCUT2D eigenvalue weighted by Gasteiger charge is -2.48. The molecule has 0 aromatic heterocycles. The molecule has 3 fully saturated rings. The Hall–Kier alpha value is -1.35. The molecular weight excluding hydrogens is 274 g/mol. The van der Waals surface area contributed by atoms with Gasteiger partial charge in [0.05, 0.1) is 12.5 Å². The van der Waals surface area contributed by atoms with Crippen LogP contribution < -0.4 is 5.32 Å². The smallest absolute Gasteiger partial charge is 0.310 e. The van der Waals surface area contributed by atoms with Crippen LogP contribution in [0.4, 0.5) is 0 Å². The molecule has 1 N–H and O–H groups in total. The zero-order valence-electron chi connectivity index (χ0n) is 13.6. The first-order valence-corrected chi connectivity index (χ1v) is 8.68. The van der Waals surface area contributed by atoms with E-state index in [4.69, 9.17) is 4.74 Å². The lowest BCUT2D eigenvalue weighted by molar-refractivity contribution is -0.156. The molecule has 120 valence electrons. The molecule has 0 spiro atoms. The van der Waals surface area contributed by atoms with Gasteiger partial charge in [0.25, 0.3) is 0 Å². The Kier molecular flexibility index (Phi) is 4.82. The highest BCUT2D eigenvalue weighted by Crippen LogP contribution is 2.46. The van der Waals surface area contributed by atoms with Crippen molar-refractivity contribution in [1.29, 1.82) is 0 Å². The van der Waals surface area contributed by atoms with Crippen LogP contribution in [0.3, 0.4) is 0 Å². The Balaban J connectivity index is 1.75. The Morgan fingerprint density at radius 1 is 1.18 bits per heavy atom. The molecule has 1 aromatic carbocycles. The van der Waals surface area contributed by atoms with Crippen LogP contribution in [0.25, 0.3) is 0 Å². The van der Waals surface area contributed by atoms with Gasteiger partial charge in [0.2, 0.25) is 0 Å². The van der Waals surface area contributed by atoms with Crippen LogP contribution in [0.1, 0.15) is 51.1 Å². The molecule has 0 aliphatic heterocycles. The van der Waals surface area contributed by atoms with Crippen LogP contribution in [0, 0.1) is 17.8 Å². The van der Waals surface area contributed by atoms with Crippen LogP contribution in [0.5, 0.6) is 0 Å². The van der Waals surface area contributed by atoms with Crippen molar-refractivity contribution in [3.05, 3.63) is 35.9 Å². The van der Waals surface area contributed by atoms with Crippen molar-refractivity contribution < 1.29 is 9.53 Å². The van der Waals surface area contributed by atoms with E-state index in [1.165, 1.54) is 31.2 Å². The van der Waals surface area contributed by atoms with Crippen LogP contribution >= 0.6 is 0 Å². The summed E-state index contributed by atoms with van der Waals surface area (Å²) in [5.41, 5.74) is 1.28. The maximum absolute atomic E-state index is 12.5. The zero-order chi connectivity index (χ0) is 15.5. The minimum Gasteiger partial charge on any atom is -0.466 e. The van der Waals surface area contributed by atoms with Gasteiger partial charge in [-0.05, 0) is 56.9 Å². The molecule has 3 heteroatoms. The lowest BCUT2D eigenvalue weighted by Crippen LogP contribution is -2.55. The third kappa shape index (κ3) is 3.05. The third-order valence-corrected chi connectivity index (χ3v) is 5.52. The minimum absolute atomic E-state index is 0.00895. The van der Waals surface area contributed by atoms with Crippen LogP contribution in [0.2, 0.25) is 0 Å². The van der Waals surface area contributed by atoms with Crippen LogP contribution in [0.15, 0.2) is 30.3 Å². The molecule has 2 bridgehead atoms. The van der Waals surface area contributed by atoms with Gasteiger partial charge >= 0.3 is 5.97 Å². The summed E-state index contributed by atoms with van der Waals surface area (Å²) in [6, 6.07) is 11.0. The second kappa shape index (κ2) is 6.82. The molecule has 3 atom stereocenters. The molecule has 3 aliphatic rings. The summed E-state index contributed by atoms with van der Waals surface area (Å²) in [7, 11) is 0. The SMILES string of the molecule is CCOC(=O)[C@@H]1C2CCC(CC2)[C@@H]1N[C@@H](C)c1ccccc1. The van der Waals surface area contributed by atoms with Crippen molar-refractivity contribution in [1.82, 2.24) is 5.32 Å². The van der Waals surface area contributed by atoms with Gasteiger partial charge in [0, 0.05) is 12.1 Å². The molecule has 3 aliphatic carbocycles. The van der Waals surface area contributed by atoms with Crippen molar-refractivity contribution in [3.8, 4) is 0 Å². The van der Waals surface area contributed by atoms with Crippen LogP contribution in [-0.4, -0.2) is 18.6 Å². The van der Waals surface area contributed by atoms with Crippen molar-refractivity contribution in [2.45, 2.75) is 51.6 Å². The summed E-state index contributed by atoms with van der Waals surface area (Å²) in [5, 5.41) is 3.76. The number of rotatable bonds is 5. The van der Waals surface area contributed by atoms with Gasteiger partial charge in [-0.1, -0.05) is 30.3 Å². The fourth-order valence-electron chi connectivity index (χ4n) is 4.39. The fraction of sp³-hybridized carbons (Fsp3) is 0.632. The standard InChI is InChI=1S/C19H27NO2/c1-3-22-19(21)17-15-9-11-16(12-10-15)18(17)20-13(2)14-7-5-4-6-8-14/h4-8,13,15-18,20H,3,9-12H2,1-2H3/t13-,15?,16?,17+,18-/m0/s1. The second-order valence-electron chi connectivity index (χ2n) is 6.78. The van der Waals surface area contributed by atoms with Crippen molar-refractivity contribution in [3.63, 3.8) is 0 Å². The van der Waals surface area contributed by atoms with Gasteiger partial charge in [-0.25, -0.2) is 0 Å². The Bertz CT molecular complexity index is 493. The van der Waals surface area contributed by atoms with E-state index in [9.17, 15) is 4.79 Å². The van der Waals surface area contributed by atoms with E-state index in [0.29, 0.717) is 18.4 Å². The number of nitrogens with one attached hydrogen (secondary N) is 1. The molecule has 3 nitrogen and oxygen atoms in total. The summed E-state index contributed by atoms with van der Waals surface area (Å²) in [5.74, 6) is 1.17. The normalized spacial score (nSPS) is 31.7. The van der Waals surface area contributed by atoms with Gasteiger partial charge in [-0.15, -0.1) is 0 Å². The summed E-state index contributed by atoms with van der Waals surface area (Å²) in [6.07, 6.45) is 4.87. The topological polar surface area (TPSA) is 38.3 Å². The van der Waals surface area contributed by atoms with Crippen molar-refractivity contribution in [2.24, 2.45) is 17.8 Å². The molecule has 22 heavy (non-hydrogen) atoms. The lowest BCUT2D eigenvalue weighted by atomic mass is 9.61. The average Bonchev–Trinajstić information content (AvgIpc) is 2.56. The highest BCUT2D eigenvalue weighted by Gasteiger charge is 2.48. The van der Waals surface area contributed by atoms with E-state index < -0.39 is 0 Å². The quantitative estimate of drug-likeness (QED) is 0.843. The van der Waals surface area contributed by atoms with Gasteiger partial charge in [-0.2, -0.15) is 0 Å². The van der Waals surface area contributed by atoms with E-state index in [-0.39, 0.29) is 24.0 Å². The maximum Gasteiger partial charge on any atom is 0.310 e. The molecule has 0 unspecified atom stereocenters. The molecule has 4 rings (SSSR count). The molecule has 0 amide bonds. The van der Waals surface area contributed by atoms with Gasteiger partial charge < -0.3 is 10.1 Å². The summed E-state index contributed by atoms with van der Waals surface area (Å²) >= 11 is 0.